The second kappa shape index (κ2) is 6.38. The van der Waals surface area contributed by atoms with Crippen LogP contribution in [-0.2, 0) is 6.42 Å². The summed E-state index contributed by atoms with van der Waals surface area (Å²) in [5.74, 6) is 0.946. The van der Waals surface area contributed by atoms with E-state index in [0.29, 0.717) is 5.41 Å². The van der Waals surface area contributed by atoms with E-state index in [1.165, 1.54) is 41.2 Å². The van der Waals surface area contributed by atoms with Gasteiger partial charge in [0, 0.05) is 3.57 Å². The maximum atomic E-state index is 6.10. The van der Waals surface area contributed by atoms with E-state index in [1.54, 1.807) is 0 Å². The van der Waals surface area contributed by atoms with Crippen LogP contribution in [0.25, 0.3) is 0 Å². The molecule has 1 aromatic rings. The summed E-state index contributed by atoms with van der Waals surface area (Å²) in [6.45, 7) is 3.16. The molecule has 0 spiro atoms. The lowest BCUT2D eigenvalue weighted by atomic mass is 9.67. The average Bonchev–Trinajstić information content (AvgIpc) is 2.42. The molecule has 1 fully saturated rings. The first-order chi connectivity index (χ1) is 8.67. The van der Waals surface area contributed by atoms with Crippen molar-refractivity contribution >= 4 is 22.6 Å². The van der Waals surface area contributed by atoms with E-state index in [4.69, 9.17) is 5.73 Å². The van der Waals surface area contributed by atoms with Crippen molar-refractivity contribution < 1.29 is 0 Å². The predicted molar refractivity (Wildman–Crippen MR) is 86.6 cm³/mol. The number of nitrogens with two attached hydrogens (primary N) is 1. The molecule has 2 N–H and O–H groups in total. The zero-order valence-electron chi connectivity index (χ0n) is 11.3. The van der Waals surface area contributed by atoms with Gasteiger partial charge < -0.3 is 5.73 Å². The van der Waals surface area contributed by atoms with Crippen LogP contribution in [0.3, 0.4) is 0 Å². The standard InChI is InChI=1S/C16H24IN/c1-2-13-7-9-16(12-18,10-8-13)11-14-3-5-15(17)6-4-14/h3-6,13H,2,7-12,18H2,1H3. The van der Waals surface area contributed by atoms with Crippen LogP contribution < -0.4 is 5.73 Å². The maximum absolute atomic E-state index is 6.10. The second-order valence-corrected chi connectivity index (χ2v) is 7.10. The summed E-state index contributed by atoms with van der Waals surface area (Å²) in [6, 6.07) is 8.95. The Morgan fingerprint density at radius 2 is 1.83 bits per heavy atom. The van der Waals surface area contributed by atoms with E-state index in [1.807, 2.05) is 0 Å². The lowest BCUT2D eigenvalue weighted by Gasteiger charge is -2.39. The van der Waals surface area contributed by atoms with Crippen LogP contribution in [0, 0.1) is 14.9 Å². The minimum absolute atomic E-state index is 0.373. The smallest absolute Gasteiger partial charge is 0.0130 e. The van der Waals surface area contributed by atoms with Crippen molar-refractivity contribution in [3.63, 3.8) is 0 Å². The third-order valence-electron chi connectivity index (χ3n) is 4.67. The van der Waals surface area contributed by atoms with Crippen molar-refractivity contribution in [3.05, 3.63) is 33.4 Å². The highest BCUT2D eigenvalue weighted by molar-refractivity contribution is 14.1. The minimum Gasteiger partial charge on any atom is -0.330 e. The molecule has 0 aliphatic heterocycles. The van der Waals surface area contributed by atoms with Crippen molar-refractivity contribution in [1.82, 2.24) is 0 Å². The zero-order valence-corrected chi connectivity index (χ0v) is 13.4. The van der Waals surface area contributed by atoms with Gasteiger partial charge in [-0.05, 0) is 90.3 Å². The molecule has 1 saturated carbocycles. The second-order valence-electron chi connectivity index (χ2n) is 5.86. The van der Waals surface area contributed by atoms with Gasteiger partial charge in [0.15, 0.2) is 0 Å². The summed E-state index contributed by atoms with van der Waals surface area (Å²) in [4.78, 5) is 0. The van der Waals surface area contributed by atoms with Crippen LogP contribution in [0.2, 0.25) is 0 Å². The third kappa shape index (κ3) is 3.47. The van der Waals surface area contributed by atoms with Gasteiger partial charge in [0.05, 0.1) is 0 Å². The molecule has 0 bridgehead atoms. The number of hydrogen-bond acceptors (Lipinski definition) is 1. The highest BCUT2D eigenvalue weighted by Crippen LogP contribution is 2.41. The summed E-state index contributed by atoms with van der Waals surface area (Å²) in [7, 11) is 0. The van der Waals surface area contributed by atoms with E-state index >= 15 is 0 Å². The number of benzene rings is 1. The van der Waals surface area contributed by atoms with Crippen molar-refractivity contribution in [2.75, 3.05) is 6.54 Å². The molecule has 1 aromatic carbocycles. The van der Waals surface area contributed by atoms with Gasteiger partial charge in [-0.2, -0.15) is 0 Å². The lowest BCUT2D eigenvalue weighted by Crippen LogP contribution is -2.36. The van der Waals surface area contributed by atoms with Crippen molar-refractivity contribution in [1.29, 1.82) is 0 Å². The van der Waals surface area contributed by atoms with Gasteiger partial charge >= 0.3 is 0 Å². The first-order valence-electron chi connectivity index (χ1n) is 7.12. The monoisotopic (exact) mass is 357 g/mol. The largest absolute Gasteiger partial charge is 0.330 e. The molecule has 0 heterocycles. The van der Waals surface area contributed by atoms with E-state index in [2.05, 4.69) is 53.8 Å². The molecular formula is C16H24IN. The highest BCUT2D eigenvalue weighted by atomic mass is 127. The average molecular weight is 357 g/mol. The molecule has 1 aliphatic carbocycles. The molecule has 100 valence electrons. The van der Waals surface area contributed by atoms with Crippen LogP contribution in [0.4, 0.5) is 0 Å². The van der Waals surface area contributed by atoms with Crippen molar-refractivity contribution in [3.8, 4) is 0 Å². The Labute approximate surface area is 125 Å². The normalized spacial score (nSPS) is 28.3. The van der Waals surface area contributed by atoms with Crippen LogP contribution >= 0.6 is 22.6 Å². The Balaban J connectivity index is 2.03. The van der Waals surface area contributed by atoms with Crippen LogP contribution in [0.1, 0.15) is 44.6 Å². The highest BCUT2D eigenvalue weighted by Gasteiger charge is 2.33. The van der Waals surface area contributed by atoms with E-state index in [0.717, 1.165) is 18.9 Å². The molecule has 1 aliphatic rings. The first kappa shape index (κ1) is 14.3. The summed E-state index contributed by atoms with van der Waals surface area (Å²) in [5.41, 5.74) is 7.93. The molecule has 0 saturated heterocycles. The van der Waals surface area contributed by atoms with Crippen molar-refractivity contribution in [2.45, 2.75) is 45.4 Å². The van der Waals surface area contributed by atoms with Crippen LogP contribution in [0.15, 0.2) is 24.3 Å². The van der Waals surface area contributed by atoms with E-state index in [-0.39, 0.29) is 0 Å². The summed E-state index contributed by atoms with van der Waals surface area (Å²) in [5, 5.41) is 0. The molecule has 2 rings (SSSR count). The predicted octanol–water partition coefficient (Wildman–Crippen LogP) is 4.38. The molecule has 0 atom stereocenters. The van der Waals surface area contributed by atoms with Gasteiger partial charge in [-0.15, -0.1) is 0 Å². The van der Waals surface area contributed by atoms with Gasteiger partial charge in [0.25, 0.3) is 0 Å². The quantitative estimate of drug-likeness (QED) is 0.796. The van der Waals surface area contributed by atoms with Gasteiger partial charge in [-0.1, -0.05) is 25.5 Å². The maximum Gasteiger partial charge on any atom is 0.0130 e. The fourth-order valence-electron chi connectivity index (χ4n) is 3.19. The molecule has 0 radical (unpaired) electrons. The number of halogens is 1. The topological polar surface area (TPSA) is 26.0 Å². The third-order valence-corrected chi connectivity index (χ3v) is 5.39. The van der Waals surface area contributed by atoms with E-state index in [9.17, 15) is 0 Å². The first-order valence-corrected chi connectivity index (χ1v) is 8.20. The Kier molecular flexibility index (Phi) is 5.07. The fourth-order valence-corrected chi connectivity index (χ4v) is 3.55. The molecule has 2 heteroatoms. The molecule has 0 unspecified atom stereocenters. The summed E-state index contributed by atoms with van der Waals surface area (Å²) >= 11 is 2.36. The van der Waals surface area contributed by atoms with Gasteiger partial charge in [0.2, 0.25) is 0 Å². The Bertz CT molecular complexity index is 363. The Morgan fingerprint density at radius 1 is 1.22 bits per heavy atom. The molecule has 1 nitrogen and oxygen atoms in total. The van der Waals surface area contributed by atoms with Gasteiger partial charge in [-0.25, -0.2) is 0 Å². The number of hydrogen-bond donors (Lipinski definition) is 1. The Hall–Kier alpha value is -0.0900. The minimum atomic E-state index is 0.373. The lowest BCUT2D eigenvalue weighted by molar-refractivity contribution is 0.153. The summed E-state index contributed by atoms with van der Waals surface area (Å²) < 4.78 is 1.31. The van der Waals surface area contributed by atoms with E-state index < -0.39 is 0 Å². The number of rotatable bonds is 4. The van der Waals surface area contributed by atoms with Gasteiger partial charge in [-0.3, -0.25) is 0 Å². The molecule has 0 aromatic heterocycles. The fraction of sp³-hybridized carbons (Fsp3) is 0.625. The molecule has 18 heavy (non-hydrogen) atoms. The SMILES string of the molecule is CCC1CCC(CN)(Cc2ccc(I)cc2)CC1. The summed E-state index contributed by atoms with van der Waals surface area (Å²) in [6.07, 6.45) is 7.87. The zero-order chi connectivity index (χ0) is 13.0. The van der Waals surface area contributed by atoms with Crippen LogP contribution in [0.5, 0.6) is 0 Å². The Morgan fingerprint density at radius 3 is 2.33 bits per heavy atom. The van der Waals surface area contributed by atoms with Crippen LogP contribution in [-0.4, -0.2) is 6.54 Å². The molecule has 0 amide bonds. The van der Waals surface area contributed by atoms with Gasteiger partial charge in [0.1, 0.15) is 0 Å². The molecular weight excluding hydrogens is 333 g/mol. The van der Waals surface area contributed by atoms with Crippen molar-refractivity contribution in [2.24, 2.45) is 17.1 Å².